The summed E-state index contributed by atoms with van der Waals surface area (Å²) in [6, 6.07) is 15.2. The maximum atomic E-state index is 12.4. The van der Waals surface area contributed by atoms with Crippen molar-refractivity contribution in [3.05, 3.63) is 71.0 Å². The molecule has 6 heteroatoms. The van der Waals surface area contributed by atoms with Crippen molar-refractivity contribution >= 4 is 17.4 Å². The average Bonchev–Trinajstić information content (AvgIpc) is 2.91. The van der Waals surface area contributed by atoms with Gasteiger partial charge >= 0.3 is 6.03 Å². The van der Waals surface area contributed by atoms with Gasteiger partial charge in [-0.1, -0.05) is 29.8 Å². The summed E-state index contributed by atoms with van der Waals surface area (Å²) in [6.45, 7) is 6.57. The van der Waals surface area contributed by atoms with E-state index in [2.05, 4.69) is 46.9 Å². The van der Waals surface area contributed by atoms with Gasteiger partial charge < -0.3 is 15.4 Å². The van der Waals surface area contributed by atoms with Gasteiger partial charge in [-0.2, -0.15) is 5.10 Å². The van der Waals surface area contributed by atoms with Crippen LogP contribution in [0.15, 0.2) is 48.5 Å². The normalized spacial score (nSPS) is 10.5. The molecule has 1 aromatic heterocycles. The Morgan fingerprint density at radius 3 is 2.30 bits per heavy atom. The molecule has 0 aliphatic heterocycles. The zero-order chi connectivity index (χ0) is 19.4. The van der Waals surface area contributed by atoms with Gasteiger partial charge in [0.25, 0.3) is 0 Å². The highest BCUT2D eigenvalue weighted by Crippen LogP contribution is 2.21. The SMILES string of the molecule is COc1ccc(NC(=O)Nc2c(C)nn(Cc3ccc(C)cc3)c2C)cc1. The molecule has 1 heterocycles. The fourth-order valence-corrected chi connectivity index (χ4v) is 2.85. The molecule has 2 N–H and O–H groups in total. The number of aryl methyl sites for hydroxylation is 2. The number of amides is 2. The number of nitrogens with zero attached hydrogens (tertiary/aromatic N) is 2. The Kier molecular flexibility index (Phi) is 5.45. The summed E-state index contributed by atoms with van der Waals surface area (Å²) >= 11 is 0. The highest BCUT2D eigenvalue weighted by molar-refractivity contribution is 6.00. The van der Waals surface area contributed by atoms with Crippen molar-refractivity contribution < 1.29 is 9.53 Å². The number of carbonyl (C=O) groups is 1. The van der Waals surface area contributed by atoms with E-state index in [1.807, 2.05) is 18.5 Å². The van der Waals surface area contributed by atoms with Crippen LogP contribution >= 0.6 is 0 Å². The molecule has 0 radical (unpaired) electrons. The Balaban J connectivity index is 1.69. The number of ether oxygens (including phenoxy) is 1. The molecule has 0 fully saturated rings. The van der Waals surface area contributed by atoms with E-state index in [9.17, 15) is 4.79 Å². The van der Waals surface area contributed by atoms with Crippen LogP contribution in [0.25, 0.3) is 0 Å². The van der Waals surface area contributed by atoms with E-state index in [4.69, 9.17) is 4.74 Å². The standard InChI is InChI=1S/C21H24N4O2/c1-14-5-7-17(8-6-14)13-25-16(3)20(15(2)24-25)23-21(26)22-18-9-11-19(27-4)12-10-18/h5-12H,13H2,1-4H3,(H2,22,23,26). The molecule has 0 aliphatic rings. The molecular formula is C21H24N4O2. The average molecular weight is 364 g/mol. The third kappa shape index (κ3) is 4.47. The number of hydrogen-bond acceptors (Lipinski definition) is 3. The first-order valence-electron chi connectivity index (χ1n) is 8.78. The molecular weight excluding hydrogens is 340 g/mol. The molecule has 0 unspecified atom stereocenters. The van der Waals surface area contributed by atoms with Crippen molar-refractivity contribution in [3.63, 3.8) is 0 Å². The number of rotatable bonds is 5. The predicted molar refractivity (Wildman–Crippen MR) is 108 cm³/mol. The Morgan fingerprint density at radius 1 is 1.00 bits per heavy atom. The van der Waals surface area contributed by atoms with E-state index in [-0.39, 0.29) is 6.03 Å². The molecule has 0 bridgehead atoms. The van der Waals surface area contributed by atoms with E-state index in [0.29, 0.717) is 12.2 Å². The topological polar surface area (TPSA) is 68.2 Å². The molecule has 27 heavy (non-hydrogen) atoms. The van der Waals surface area contributed by atoms with Gasteiger partial charge in [-0.05, 0) is 50.6 Å². The number of methoxy groups -OCH3 is 1. The summed E-state index contributed by atoms with van der Waals surface area (Å²) < 4.78 is 7.03. The van der Waals surface area contributed by atoms with Gasteiger partial charge in [0, 0.05) is 5.69 Å². The lowest BCUT2D eigenvalue weighted by atomic mass is 10.1. The van der Waals surface area contributed by atoms with Gasteiger partial charge in [-0.25, -0.2) is 4.79 Å². The van der Waals surface area contributed by atoms with E-state index in [0.717, 1.165) is 22.8 Å². The van der Waals surface area contributed by atoms with Gasteiger partial charge in [0.2, 0.25) is 0 Å². The summed E-state index contributed by atoms with van der Waals surface area (Å²) in [5.41, 5.74) is 5.51. The summed E-state index contributed by atoms with van der Waals surface area (Å²) in [4.78, 5) is 12.4. The van der Waals surface area contributed by atoms with Crippen molar-refractivity contribution in [1.29, 1.82) is 0 Å². The van der Waals surface area contributed by atoms with Crippen LogP contribution in [0.1, 0.15) is 22.5 Å². The molecule has 0 saturated carbocycles. The van der Waals surface area contributed by atoms with Crippen LogP contribution in [-0.4, -0.2) is 22.9 Å². The lowest BCUT2D eigenvalue weighted by Crippen LogP contribution is -2.20. The number of nitrogens with one attached hydrogen (secondary N) is 2. The van der Waals surface area contributed by atoms with Crippen LogP contribution < -0.4 is 15.4 Å². The monoisotopic (exact) mass is 364 g/mol. The van der Waals surface area contributed by atoms with Crippen LogP contribution in [0, 0.1) is 20.8 Å². The van der Waals surface area contributed by atoms with Crippen molar-refractivity contribution in [2.24, 2.45) is 0 Å². The Hall–Kier alpha value is -3.28. The third-order valence-electron chi connectivity index (χ3n) is 4.42. The smallest absolute Gasteiger partial charge is 0.323 e. The molecule has 6 nitrogen and oxygen atoms in total. The van der Waals surface area contributed by atoms with Crippen LogP contribution in [0.3, 0.4) is 0 Å². The Bertz CT molecular complexity index is 928. The summed E-state index contributed by atoms with van der Waals surface area (Å²) in [5, 5.41) is 10.3. The number of hydrogen-bond donors (Lipinski definition) is 2. The molecule has 2 amide bonds. The van der Waals surface area contributed by atoms with Crippen LogP contribution in [0.5, 0.6) is 5.75 Å². The fraction of sp³-hybridized carbons (Fsp3) is 0.238. The fourth-order valence-electron chi connectivity index (χ4n) is 2.85. The third-order valence-corrected chi connectivity index (χ3v) is 4.42. The second-order valence-corrected chi connectivity index (χ2v) is 6.50. The van der Waals surface area contributed by atoms with E-state index < -0.39 is 0 Å². The molecule has 3 rings (SSSR count). The summed E-state index contributed by atoms with van der Waals surface area (Å²) in [6.07, 6.45) is 0. The molecule has 3 aromatic rings. The minimum atomic E-state index is -0.304. The van der Waals surface area contributed by atoms with Crippen molar-refractivity contribution in [2.75, 3.05) is 17.7 Å². The molecule has 0 saturated heterocycles. The minimum absolute atomic E-state index is 0.304. The van der Waals surface area contributed by atoms with Crippen molar-refractivity contribution in [3.8, 4) is 5.75 Å². The zero-order valence-electron chi connectivity index (χ0n) is 16.0. The minimum Gasteiger partial charge on any atom is -0.497 e. The summed E-state index contributed by atoms with van der Waals surface area (Å²) in [7, 11) is 1.61. The van der Waals surface area contributed by atoms with Gasteiger partial charge in [-0.3, -0.25) is 4.68 Å². The number of aromatic nitrogens is 2. The van der Waals surface area contributed by atoms with E-state index in [1.165, 1.54) is 11.1 Å². The first-order chi connectivity index (χ1) is 13.0. The van der Waals surface area contributed by atoms with Gasteiger partial charge in [0.1, 0.15) is 5.75 Å². The highest BCUT2D eigenvalue weighted by atomic mass is 16.5. The van der Waals surface area contributed by atoms with Gasteiger partial charge in [0.15, 0.2) is 0 Å². The van der Waals surface area contributed by atoms with Crippen molar-refractivity contribution in [2.45, 2.75) is 27.3 Å². The quantitative estimate of drug-likeness (QED) is 0.700. The van der Waals surface area contributed by atoms with Gasteiger partial charge in [0.05, 0.1) is 30.7 Å². The number of carbonyl (C=O) groups excluding carboxylic acids is 1. The number of benzene rings is 2. The largest absolute Gasteiger partial charge is 0.497 e. The second kappa shape index (κ2) is 7.95. The van der Waals surface area contributed by atoms with E-state index >= 15 is 0 Å². The van der Waals surface area contributed by atoms with Crippen LogP contribution in [0.4, 0.5) is 16.2 Å². The highest BCUT2D eigenvalue weighted by Gasteiger charge is 2.14. The lowest BCUT2D eigenvalue weighted by Gasteiger charge is -2.09. The van der Waals surface area contributed by atoms with Crippen LogP contribution in [-0.2, 0) is 6.54 Å². The Morgan fingerprint density at radius 2 is 1.67 bits per heavy atom. The summed E-state index contributed by atoms with van der Waals surface area (Å²) in [5.74, 6) is 0.741. The Labute approximate surface area is 159 Å². The predicted octanol–water partition coefficient (Wildman–Crippen LogP) is 4.51. The number of urea groups is 1. The van der Waals surface area contributed by atoms with Crippen LogP contribution in [0.2, 0.25) is 0 Å². The maximum Gasteiger partial charge on any atom is 0.323 e. The number of anilines is 2. The maximum absolute atomic E-state index is 12.4. The molecule has 0 atom stereocenters. The first kappa shape index (κ1) is 18.5. The molecule has 0 spiro atoms. The zero-order valence-corrected chi connectivity index (χ0v) is 16.0. The van der Waals surface area contributed by atoms with Crippen molar-refractivity contribution in [1.82, 2.24) is 9.78 Å². The lowest BCUT2D eigenvalue weighted by molar-refractivity contribution is 0.262. The molecule has 0 aliphatic carbocycles. The second-order valence-electron chi connectivity index (χ2n) is 6.50. The molecule has 2 aromatic carbocycles. The molecule has 140 valence electrons. The van der Waals surface area contributed by atoms with E-state index in [1.54, 1.807) is 31.4 Å². The first-order valence-corrected chi connectivity index (χ1v) is 8.78. The van der Waals surface area contributed by atoms with Gasteiger partial charge in [-0.15, -0.1) is 0 Å².